The zero-order valence-corrected chi connectivity index (χ0v) is 16.0. The first-order valence-corrected chi connectivity index (χ1v) is 11.1. The lowest BCUT2D eigenvalue weighted by Gasteiger charge is -2.51. The fraction of sp³-hybridized carbons (Fsp3) is 0.684. The number of aromatic nitrogens is 1. The van der Waals surface area contributed by atoms with E-state index in [0.717, 1.165) is 30.7 Å². The summed E-state index contributed by atoms with van der Waals surface area (Å²) in [5.41, 5.74) is 1.80. The van der Waals surface area contributed by atoms with Crippen molar-refractivity contribution in [2.75, 3.05) is 25.4 Å². The summed E-state index contributed by atoms with van der Waals surface area (Å²) in [4.78, 5) is 18.6. The van der Waals surface area contributed by atoms with Gasteiger partial charge in [0.2, 0.25) is 5.91 Å². The molecule has 0 aromatic carbocycles. The Morgan fingerprint density at radius 2 is 2.08 bits per heavy atom. The summed E-state index contributed by atoms with van der Waals surface area (Å²) in [7, 11) is -3.17. The Balaban J connectivity index is 1.37. The van der Waals surface area contributed by atoms with Gasteiger partial charge in [-0.25, -0.2) is 8.42 Å². The van der Waals surface area contributed by atoms with Crippen molar-refractivity contribution in [1.82, 2.24) is 9.88 Å². The highest BCUT2D eigenvalue weighted by Crippen LogP contribution is 2.46. The SMILES string of the molecule is Cc1cccc(COC[C@H]2CCS(=O)(=O)C23CN(C(=O)C2CCC2)C3)n1. The van der Waals surface area contributed by atoms with Crippen LogP contribution >= 0.6 is 0 Å². The molecule has 0 radical (unpaired) electrons. The number of rotatable bonds is 5. The minimum absolute atomic E-state index is 0.0391. The van der Waals surface area contributed by atoms with E-state index in [-0.39, 0.29) is 23.5 Å². The molecule has 0 N–H and O–H groups in total. The lowest BCUT2D eigenvalue weighted by molar-refractivity contribution is -0.145. The average molecular weight is 378 g/mol. The number of aryl methyl sites for hydroxylation is 1. The first-order chi connectivity index (χ1) is 12.4. The quantitative estimate of drug-likeness (QED) is 0.780. The maximum atomic E-state index is 12.7. The Morgan fingerprint density at radius 3 is 2.73 bits per heavy atom. The van der Waals surface area contributed by atoms with Crippen molar-refractivity contribution >= 4 is 15.7 Å². The van der Waals surface area contributed by atoms with Gasteiger partial charge in [-0.05, 0) is 38.3 Å². The van der Waals surface area contributed by atoms with Gasteiger partial charge >= 0.3 is 0 Å². The van der Waals surface area contributed by atoms with Crippen LogP contribution in [0.4, 0.5) is 0 Å². The van der Waals surface area contributed by atoms with Crippen molar-refractivity contribution in [3.63, 3.8) is 0 Å². The molecule has 6 nitrogen and oxygen atoms in total. The second-order valence-electron chi connectivity index (χ2n) is 7.98. The van der Waals surface area contributed by atoms with Crippen LogP contribution in [0.15, 0.2) is 18.2 Å². The predicted octanol–water partition coefficient (Wildman–Crippen LogP) is 1.72. The van der Waals surface area contributed by atoms with E-state index in [4.69, 9.17) is 4.74 Å². The Bertz CT molecular complexity index is 798. The fourth-order valence-corrected chi connectivity index (χ4v) is 6.76. The van der Waals surface area contributed by atoms with E-state index in [0.29, 0.717) is 32.7 Å². The molecule has 1 atom stereocenters. The van der Waals surface area contributed by atoms with Gasteiger partial charge in [0.1, 0.15) is 4.75 Å². The number of pyridine rings is 1. The number of hydrogen-bond donors (Lipinski definition) is 0. The molecule has 26 heavy (non-hydrogen) atoms. The Kier molecular flexibility index (Phi) is 4.55. The lowest BCUT2D eigenvalue weighted by Crippen LogP contribution is -2.69. The molecule has 142 valence electrons. The summed E-state index contributed by atoms with van der Waals surface area (Å²) in [5, 5.41) is 0. The molecule has 2 aliphatic heterocycles. The molecule has 3 aliphatic rings. The number of carbonyl (C=O) groups is 1. The fourth-order valence-electron chi connectivity index (χ4n) is 4.36. The summed E-state index contributed by atoms with van der Waals surface area (Å²) in [6.45, 7) is 3.42. The molecule has 3 heterocycles. The maximum absolute atomic E-state index is 12.7. The number of amides is 1. The van der Waals surface area contributed by atoms with Gasteiger partial charge in [0.05, 0.1) is 24.7 Å². The van der Waals surface area contributed by atoms with Gasteiger partial charge in [0.15, 0.2) is 9.84 Å². The van der Waals surface area contributed by atoms with Gasteiger partial charge in [-0.1, -0.05) is 12.5 Å². The maximum Gasteiger partial charge on any atom is 0.225 e. The second kappa shape index (κ2) is 6.60. The molecule has 1 spiro atoms. The average Bonchev–Trinajstić information content (AvgIpc) is 2.75. The zero-order valence-electron chi connectivity index (χ0n) is 15.2. The van der Waals surface area contributed by atoms with Gasteiger partial charge in [-0.2, -0.15) is 0 Å². The van der Waals surface area contributed by atoms with E-state index in [1.807, 2.05) is 25.1 Å². The molecule has 1 amide bonds. The summed E-state index contributed by atoms with van der Waals surface area (Å²) in [5.74, 6) is 0.434. The summed E-state index contributed by atoms with van der Waals surface area (Å²) >= 11 is 0. The number of sulfone groups is 1. The third-order valence-electron chi connectivity index (χ3n) is 6.30. The molecular formula is C19H26N2O4S. The predicted molar refractivity (Wildman–Crippen MR) is 97.2 cm³/mol. The lowest BCUT2D eigenvalue weighted by atomic mass is 9.79. The number of ether oxygens (including phenoxy) is 1. The second-order valence-corrected chi connectivity index (χ2v) is 10.4. The zero-order chi connectivity index (χ0) is 18.4. The molecule has 7 heteroatoms. The first kappa shape index (κ1) is 17.9. The molecule has 1 aromatic rings. The van der Waals surface area contributed by atoms with Crippen LogP contribution in [0, 0.1) is 18.8 Å². The summed E-state index contributed by atoms with van der Waals surface area (Å²) in [6.07, 6.45) is 3.63. The summed E-state index contributed by atoms with van der Waals surface area (Å²) in [6, 6.07) is 5.79. The Labute approximate surface area is 154 Å². The molecule has 0 bridgehead atoms. The molecule has 4 rings (SSSR count). The number of hydrogen-bond acceptors (Lipinski definition) is 5. The Hall–Kier alpha value is -1.47. The van der Waals surface area contributed by atoms with E-state index >= 15 is 0 Å². The standard InChI is InChI=1S/C19H26N2O4S/c1-14-4-2-7-17(20-14)11-25-10-16-8-9-26(23,24)19(16)12-21(13-19)18(22)15-5-3-6-15/h2,4,7,15-16H,3,5-6,8-13H2,1H3/t16-/m1/s1. The van der Waals surface area contributed by atoms with Gasteiger partial charge < -0.3 is 9.64 Å². The molecular weight excluding hydrogens is 352 g/mol. The Morgan fingerprint density at radius 1 is 1.31 bits per heavy atom. The topological polar surface area (TPSA) is 76.6 Å². The van der Waals surface area contributed by atoms with Gasteiger partial charge in [-0.15, -0.1) is 0 Å². The number of likely N-dealkylation sites (tertiary alicyclic amines) is 1. The number of carbonyl (C=O) groups excluding carboxylic acids is 1. The highest BCUT2D eigenvalue weighted by atomic mass is 32.2. The van der Waals surface area contributed by atoms with Crippen LogP contribution in [-0.4, -0.2) is 54.4 Å². The van der Waals surface area contributed by atoms with Crippen LogP contribution in [0.3, 0.4) is 0 Å². The third kappa shape index (κ3) is 2.95. The van der Waals surface area contributed by atoms with Crippen LogP contribution in [0.25, 0.3) is 0 Å². The monoisotopic (exact) mass is 378 g/mol. The van der Waals surface area contributed by atoms with Crippen LogP contribution in [-0.2, 0) is 26.0 Å². The van der Waals surface area contributed by atoms with E-state index in [1.54, 1.807) is 4.90 Å². The van der Waals surface area contributed by atoms with Gasteiger partial charge in [0, 0.05) is 30.6 Å². The van der Waals surface area contributed by atoms with Crippen molar-refractivity contribution in [2.45, 2.75) is 44.0 Å². The van der Waals surface area contributed by atoms with E-state index in [9.17, 15) is 13.2 Å². The molecule has 2 saturated heterocycles. The van der Waals surface area contributed by atoms with E-state index in [2.05, 4.69) is 4.98 Å². The van der Waals surface area contributed by atoms with Crippen molar-refractivity contribution in [1.29, 1.82) is 0 Å². The highest BCUT2D eigenvalue weighted by molar-refractivity contribution is 7.93. The van der Waals surface area contributed by atoms with E-state index in [1.165, 1.54) is 0 Å². The minimum Gasteiger partial charge on any atom is -0.375 e. The smallest absolute Gasteiger partial charge is 0.225 e. The first-order valence-electron chi connectivity index (χ1n) is 9.43. The highest BCUT2D eigenvalue weighted by Gasteiger charge is 2.62. The van der Waals surface area contributed by atoms with Gasteiger partial charge in [0.25, 0.3) is 0 Å². The van der Waals surface area contributed by atoms with Crippen LogP contribution in [0.1, 0.15) is 37.1 Å². The minimum atomic E-state index is -3.17. The normalized spacial score (nSPS) is 26.5. The third-order valence-corrected chi connectivity index (χ3v) is 8.90. The van der Waals surface area contributed by atoms with Crippen molar-refractivity contribution in [2.24, 2.45) is 11.8 Å². The van der Waals surface area contributed by atoms with Crippen molar-refractivity contribution in [3.8, 4) is 0 Å². The molecule has 1 aliphatic carbocycles. The van der Waals surface area contributed by atoms with E-state index < -0.39 is 14.6 Å². The molecule has 1 aromatic heterocycles. The molecule has 1 saturated carbocycles. The van der Waals surface area contributed by atoms with Crippen LogP contribution in [0.2, 0.25) is 0 Å². The molecule has 3 fully saturated rings. The number of nitrogens with zero attached hydrogens (tertiary/aromatic N) is 2. The van der Waals surface area contributed by atoms with Crippen molar-refractivity contribution < 1.29 is 17.9 Å². The largest absolute Gasteiger partial charge is 0.375 e. The van der Waals surface area contributed by atoms with Crippen LogP contribution < -0.4 is 0 Å². The molecule has 0 unspecified atom stereocenters. The summed E-state index contributed by atoms with van der Waals surface area (Å²) < 4.78 is 30.4. The van der Waals surface area contributed by atoms with Gasteiger partial charge in [-0.3, -0.25) is 9.78 Å². The van der Waals surface area contributed by atoms with Crippen LogP contribution in [0.5, 0.6) is 0 Å². The van der Waals surface area contributed by atoms with Crippen molar-refractivity contribution in [3.05, 3.63) is 29.6 Å².